The van der Waals surface area contributed by atoms with Gasteiger partial charge in [-0.1, -0.05) is 25.1 Å². The lowest BCUT2D eigenvalue weighted by molar-refractivity contribution is 0.0651. The van der Waals surface area contributed by atoms with Crippen LogP contribution in [-0.2, 0) is 6.42 Å². The van der Waals surface area contributed by atoms with Gasteiger partial charge in [-0.3, -0.25) is 9.59 Å². The third kappa shape index (κ3) is 2.36. The van der Waals surface area contributed by atoms with Crippen molar-refractivity contribution < 1.29 is 4.79 Å². The van der Waals surface area contributed by atoms with Crippen LogP contribution in [0.25, 0.3) is 10.8 Å². The Bertz CT molecular complexity index is 973. The molecular weight excluding hydrogens is 320 g/mol. The molecule has 3 aromatic rings. The summed E-state index contributed by atoms with van der Waals surface area (Å²) < 4.78 is 0. The van der Waals surface area contributed by atoms with Gasteiger partial charge in [0.1, 0.15) is 5.69 Å². The summed E-state index contributed by atoms with van der Waals surface area (Å²) in [7, 11) is 0. The number of thiophene rings is 1. The Kier molecular flexibility index (Phi) is 3.73. The minimum Gasteiger partial charge on any atom is -0.330 e. The molecule has 0 saturated heterocycles. The van der Waals surface area contributed by atoms with E-state index in [1.807, 2.05) is 23.1 Å². The SMILES string of the molecule is CC[C@@H]1c2ccsc2CCN1C(=O)c1cc2ccccc2c(=O)[nH]1. The van der Waals surface area contributed by atoms with Crippen molar-refractivity contribution >= 4 is 28.0 Å². The molecule has 5 heteroatoms. The number of carbonyl (C=O) groups excluding carboxylic acids is 1. The maximum atomic E-state index is 13.1. The number of nitrogens with zero attached hydrogens (tertiary/aromatic N) is 1. The standard InChI is InChI=1S/C19H18N2O2S/c1-2-16-14-8-10-24-17(14)7-9-21(16)19(23)15-11-12-5-3-4-6-13(12)18(22)20-15/h3-6,8,10-11,16H,2,7,9H2,1H3,(H,20,22)/t16-/m1/s1. The monoisotopic (exact) mass is 338 g/mol. The third-order valence-electron chi connectivity index (χ3n) is 4.73. The second-order valence-corrected chi connectivity index (χ2v) is 7.07. The van der Waals surface area contributed by atoms with Crippen molar-refractivity contribution in [3.8, 4) is 0 Å². The number of benzene rings is 1. The normalized spacial score (nSPS) is 17.0. The second-order valence-electron chi connectivity index (χ2n) is 6.07. The van der Waals surface area contributed by atoms with Gasteiger partial charge in [-0.15, -0.1) is 11.3 Å². The van der Waals surface area contributed by atoms with Gasteiger partial charge in [-0.05, 0) is 47.4 Å². The number of amides is 1. The molecule has 122 valence electrons. The molecule has 0 fully saturated rings. The van der Waals surface area contributed by atoms with Crippen LogP contribution in [0, 0.1) is 0 Å². The molecule has 0 unspecified atom stereocenters. The zero-order valence-electron chi connectivity index (χ0n) is 13.4. The van der Waals surface area contributed by atoms with Gasteiger partial charge in [0, 0.05) is 16.8 Å². The highest BCUT2D eigenvalue weighted by Crippen LogP contribution is 2.35. The molecule has 2 aromatic heterocycles. The molecule has 1 amide bonds. The minimum absolute atomic E-state index is 0.0856. The van der Waals surface area contributed by atoms with Crippen LogP contribution < -0.4 is 5.56 Å². The van der Waals surface area contributed by atoms with Gasteiger partial charge in [0.2, 0.25) is 0 Å². The Hall–Kier alpha value is -2.40. The molecule has 24 heavy (non-hydrogen) atoms. The Labute approximate surface area is 143 Å². The lowest BCUT2D eigenvalue weighted by Crippen LogP contribution is -2.40. The molecule has 1 aliphatic rings. The van der Waals surface area contributed by atoms with E-state index in [0.29, 0.717) is 17.6 Å². The molecule has 4 nitrogen and oxygen atoms in total. The zero-order chi connectivity index (χ0) is 16.7. The molecule has 0 radical (unpaired) electrons. The molecule has 3 heterocycles. The zero-order valence-corrected chi connectivity index (χ0v) is 14.2. The summed E-state index contributed by atoms with van der Waals surface area (Å²) in [6.07, 6.45) is 1.75. The Balaban J connectivity index is 1.75. The minimum atomic E-state index is -0.210. The number of pyridine rings is 1. The fourth-order valence-electron chi connectivity index (χ4n) is 3.56. The van der Waals surface area contributed by atoms with E-state index in [4.69, 9.17) is 0 Å². The average molecular weight is 338 g/mol. The number of hydrogen-bond donors (Lipinski definition) is 1. The van der Waals surface area contributed by atoms with E-state index in [1.54, 1.807) is 23.5 Å². The number of aromatic amines is 1. The van der Waals surface area contributed by atoms with Crippen LogP contribution in [0.5, 0.6) is 0 Å². The van der Waals surface area contributed by atoms with Crippen molar-refractivity contribution in [2.24, 2.45) is 0 Å². The Morgan fingerprint density at radius 2 is 2.17 bits per heavy atom. The lowest BCUT2D eigenvalue weighted by atomic mass is 9.97. The van der Waals surface area contributed by atoms with Crippen molar-refractivity contribution in [1.82, 2.24) is 9.88 Å². The van der Waals surface area contributed by atoms with Crippen molar-refractivity contribution in [3.05, 3.63) is 68.3 Å². The van der Waals surface area contributed by atoms with E-state index in [0.717, 1.165) is 18.2 Å². The van der Waals surface area contributed by atoms with Crippen LogP contribution in [0.3, 0.4) is 0 Å². The predicted octanol–water partition coefficient (Wildman–Crippen LogP) is 3.74. The summed E-state index contributed by atoms with van der Waals surface area (Å²) in [6, 6.07) is 11.3. The molecule has 4 rings (SSSR count). The van der Waals surface area contributed by atoms with Crippen LogP contribution in [0.15, 0.2) is 46.6 Å². The molecule has 0 aliphatic carbocycles. The topological polar surface area (TPSA) is 53.2 Å². The maximum Gasteiger partial charge on any atom is 0.270 e. The summed E-state index contributed by atoms with van der Waals surface area (Å²) in [5.41, 5.74) is 1.42. The van der Waals surface area contributed by atoms with Gasteiger partial charge < -0.3 is 9.88 Å². The van der Waals surface area contributed by atoms with E-state index in [9.17, 15) is 9.59 Å². The van der Waals surface area contributed by atoms with Crippen LogP contribution in [0.1, 0.15) is 40.3 Å². The number of nitrogens with one attached hydrogen (secondary N) is 1. The first-order chi connectivity index (χ1) is 11.7. The van der Waals surface area contributed by atoms with Gasteiger partial charge in [-0.25, -0.2) is 0 Å². The highest BCUT2D eigenvalue weighted by molar-refractivity contribution is 7.10. The smallest absolute Gasteiger partial charge is 0.270 e. The van der Waals surface area contributed by atoms with Gasteiger partial charge >= 0.3 is 0 Å². The van der Waals surface area contributed by atoms with Crippen molar-refractivity contribution in [3.63, 3.8) is 0 Å². The van der Waals surface area contributed by atoms with Gasteiger partial charge in [-0.2, -0.15) is 0 Å². The highest BCUT2D eigenvalue weighted by atomic mass is 32.1. The first-order valence-corrected chi connectivity index (χ1v) is 9.06. The van der Waals surface area contributed by atoms with Gasteiger partial charge in [0.25, 0.3) is 11.5 Å². The van der Waals surface area contributed by atoms with E-state index in [1.165, 1.54) is 10.4 Å². The molecule has 0 spiro atoms. The summed E-state index contributed by atoms with van der Waals surface area (Å²) >= 11 is 1.76. The average Bonchev–Trinajstić information content (AvgIpc) is 3.09. The summed E-state index contributed by atoms with van der Waals surface area (Å²) in [6.45, 7) is 2.79. The first-order valence-electron chi connectivity index (χ1n) is 8.18. The van der Waals surface area contributed by atoms with E-state index in [2.05, 4.69) is 23.4 Å². The molecule has 1 aliphatic heterocycles. The van der Waals surface area contributed by atoms with E-state index >= 15 is 0 Å². The largest absolute Gasteiger partial charge is 0.330 e. The van der Waals surface area contributed by atoms with Crippen LogP contribution in [-0.4, -0.2) is 22.3 Å². The highest BCUT2D eigenvalue weighted by Gasteiger charge is 2.31. The van der Waals surface area contributed by atoms with Crippen molar-refractivity contribution in [2.45, 2.75) is 25.8 Å². The Morgan fingerprint density at radius 1 is 1.33 bits per heavy atom. The van der Waals surface area contributed by atoms with Crippen molar-refractivity contribution in [2.75, 3.05) is 6.54 Å². The number of carbonyl (C=O) groups is 1. The molecule has 1 N–H and O–H groups in total. The summed E-state index contributed by atoms with van der Waals surface area (Å²) in [4.78, 5) is 31.4. The Morgan fingerprint density at radius 3 is 3.00 bits per heavy atom. The maximum absolute atomic E-state index is 13.1. The van der Waals surface area contributed by atoms with Gasteiger partial charge in [0.05, 0.1) is 6.04 Å². The predicted molar refractivity (Wildman–Crippen MR) is 96.7 cm³/mol. The van der Waals surface area contributed by atoms with Crippen molar-refractivity contribution in [1.29, 1.82) is 0 Å². The number of H-pyrrole nitrogens is 1. The van der Waals surface area contributed by atoms with Crippen LogP contribution in [0.2, 0.25) is 0 Å². The molecule has 0 bridgehead atoms. The summed E-state index contributed by atoms with van der Waals surface area (Å²) in [5.74, 6) is -0.0958. The first kappa shape index (κ1) is 15.1. The molecule has 0 saturated carbocycles. The van der Waals surface area contributed by atoms with Crippen LogP contribution in [0.4, 0.5) is 0 Å². The number of fused-ring (bicyclic) bond motifs is 2. The van der Waals surface area contributed by atoms with Gasteiger partial charge in [0.15, 0.2) is 0 Å². The quantitative estimate of drug-likeness (QED) is 0.774. The fourth-order valence-corrected chi connectivity index (χ4v) is 4.49. The van der Waals surface area contributed by atoms with Crippen LogP contribution >= 0.6 is 11.3 Å². The molecule has 1 aromatic carbocycles. The van der Waals surface area contributed by atoms with E-state index < -0.39 is 0 Å². The van der Waals surface area contributed by atoms with E-state index in [-0.39, 0.29) is 17.5 Å². The third-order valence-corrected chi connectivity index (χ3v) is 5.72. The molecular formula is C19H18N2O2S. The number of hydrogen-bond acceptors (Lipinski definition) is 3. The molecule has 1 atom stereocenters. The lowest BCUT2D eigenvalue weighted by Gasteiger charge is -2.35. The summed E-state index contributed by atoms with van der Waals surface area (Å²) in [5, 5.41) is 3.50. The number of aromatic nitrogens is 1. The second kappa shape index (κ2) is 5.91. The fraction of sp³-hybridized carbons (Fsp3) is 0.263. The number of rotatable bonds is 2.